The minimum absolute atomic E-state index is 0.00722. The van der Waals surface area contributed by atoms with Crippen LogP contribution in [0.4, 0.5) is 9.18 Å². The average Bonchev–Trinajstić information content (AvgIpc) is 2.54. The summed E-state index contributed by atoms with van der Waals surface area (Å²) >= 11 is 0. The normalized spacial score (nSPS) is 14.6. The van der Waals surface area contributed by atoms with Crippen LogP contribution in [0.25, 0.3) is 0 Å². The van der Waals surface area contributed by atoms with Gasteiger partial charge in [-0.15, -0.1) is 0 Å². The fourth-order valence-electron chi connectivity index (χ4n) is 2.55. The van der Waals surface area contributed by atoms with Gasteiger partial charge in [-0.3, -0.25) is 4.79 Å². The van der Waals surface area contributed by atoms with Gasteiger partial charge in [0.1, 0.15) is 12.4 Å². The molecule has 2 amide bonds. The molecule has 1 aromatic rings. The van der Waals surface area contributed by atoms with E-state index in [0.29, 0.717) is 24.2 Å². The van der Waals surface area contributed by atoms with Gasteiger partial charge in [0, 0.05) is 30.3 Å². The molecule has 6 nitrogen and oxygen atoms in total. The van der Waals surface area contributed by atoms with E-state index in [9.17, 15) is 14.0 Å². The van der Waals surface area contributed by atoms with Crippen molar-refractivity contribution in [3.8, 4) is 5.75 Å². The molecule has 0 atom stereocenters. The molecule has 0 spiro atoms. The summed E-state index contributed by atoms with van der Waals surface area (Å²) in [6.07, 6.45) is -0.155. The Kier molecular flexibility index (Phi) is 5.78. The molecule has 24 heavy (non-hydrogen) atoms. The second-order valence-electron chi connectivity index (χ2n) is 5.88. The van der Waals surface area contributed by atoms with Crippen LogP contribution in [0.15, 0.2) is 30.1 Å². The van der Waals surface area contributed by atoms with Crippen LogP contribution in [0, 0.1) is 0 Å². The van der Waals surface area contributed by atoms with Gasteiger partial charge in [0.15, 0.2) is 0 Å². The molecule has 0 saturated carbocycles. The second-order valence-corrected chi connectivity index (χ2v) is 5.88. The third-order valence-electron chi connectivity index (χ3n) is 3.86. The fraction of sp³-hybridized carbons (Fsp3) is 0.412. The number of carboxylic acid groups (broad SMARTS) is 1. The second kappa shape index (κ2) is 7.81. The average molecular weight is 336 g/mol. The first kappa shape index (κ1) is 17.8. The molecule has 2 N–H and O–H groups in total. The lowest BCUT2D eigenvalue weighted by molar-refractivity contribution is 0.0688. The van der Waals surface area contributed by atoms with Gasteiger partial charge in [0.05, 0.1) is 6.33 Å². The molecule has 0 aromatic heterocycles. The smallest absolute Gasteiger partial charge is 0.404 e. The minimum atomic E-state index is -1.23. The highest BCUT2D eigenvalue weighted by Gasteiger charge is 2.26. The van der Waals surface area contributed by atoms with Gasteiger partial charge < -0.3 is 20.1 Å². The number of carbonyl (C=O) groups is 2. The van der Waals surface area contributed by atoms with Crippen LogP contribution in [-0.4, -0.2) is 47.7 Å². The largest absolute Gasteiger partial charge is 0.489 e. The SMILES string of the molecule is CC(C)N1CCc2cc(OC/C(=C\F)CNC(=O)O)ccc2C1=O. The summed E-state index contributed by atoms with van der Waals surface area (Å²) in [5, 5.41) is 10.6. The van der Waals surface area contributed by atoms with E-state index in [-0.39, 0.29) is 30.7 Å². The van der Waals surface area contributed by atoms with Crippen molar-refractivity contribution in [3.63, 3.8) is 0 Å². The molecule has 1 aromatic carbocycles. The summed E-state index contributed by atoms with van der Waals surface area (Å²) in [6.45, 7) is 4.41. The molecular weight excluding hydrogens is 315 g/mol. The number of rotatable bonds is 6. The molecule has 0 fully saturated rings. The molecule has 0 unspecified atom stereocenters. The quantitative estimate of drug-likeness (QED) is 0.837. The van der Waals surface area contributed by atoms with Gasteiger partial charge >= 0.3 is 6.09 Å². The zero-order valence-electron chi connectivity index (χ0n) is 13.7. The Bertz CT molecular complexity index is 658. The Morgan fingerprint density at radius 1 is 1.50 bits per heavy atom. The molecule has 1 heterocycles. The first-order chi connectivity index (χ1) is 11.4. The monoisotopic (exact) mass is 336 g/mol. The van der Waals surface area contributed by atoms with Gasteiger partial charge in [-0.05, 0) is 44.0 Å². The number of hydrogen-bond donors (Lipinski definition) is 2. The van der Waals surface area contributed by atoms with Crippen molar-refractivity contribution < 1.29 is 23.8 Å². The number of nitrogens with zero attached hydrogens (tertiary/aromatic N) is 1. The summed E-state index contributed by atoms with van der Waals surface area (Å²) in [5.41, 5.74) is 1.75. The first-order valence-corrected chi connectivity index (χ1v) is 7.74. The topological polar surface area (TPSA) is 78.9 Å². The fourth-order valence-corrected chi connectivity index (χ4v) is 2.55. The van der Waals surface area contributed by atoms with E-state index in [1.807, 2.05) is 18.7 Å². The van der Waals surface area contributed by atoms with Crippen molar-refractivity contribution in [1.82, 2.24) is 10.2 Å². The molecule has 2 rings (SSSR count). The molecule has 0 bridgehead atoms. The maximum atomic E-state index is 12.7. The lowest BCUT2D eigenvalue weighted by atomic mass is 9.98. The van der Waals surface area contributed by atoms with Crippen molar-refractivity contribution in [2.24, 2.45) is 0 Å². The Morgan fingerprint density at radius 3 is 2.88 bits per heavy atom. The van der Waals surface area contributed by atoms with E-state index in [4.69, 9.17) is 9.84 Å². The van der Waals surface area contributed by atoms with Crippen LogP contribution in [0.1, 0.15) is 29.8 Å². The van der Waals surface area contributed by atoms with Gasteiger partial charge in [0.2, 0.25) is 0 Å². The van der Waals surface area contributed by atoms with Crippen LogP contribution in [-0.2, 0) is 6.42 Å². The highest BCUT2D eigenvalue weighted by Crippen LogP contribution is 2.25. The number of ether oxygens (including phenoxy) is 1. The number of nitrogens with one attached hydrogen (secondary N) is 1. The van der Waals surface area contributed by atoms with Gasteiger partial charge in [-0.25, -0.2) is 9.18 Å². The van der Waals surface area contributed by atoms with Gasteiger partial charge in [-0.1, -0.05) is 0 Å². The van der Waals surface area contributed by atoms with Gasteiger partial charge in [0.25, 0.3) is 5.91 Å². The lowest BCUT2D eigenvalue weighted by Crippen LogP contribution is -2.42. The molecule has 1 aliphatic rings. The van der Waals surface area contributed by atoms with E-state index in [2.05, 4.69) is 5.32 Å². The van der Waals surface area contributed by atoms with E-state index in [1.165, 1.54) is 0 Å². The third kappa shape index (κ3) is 4.24. The zero-order valence-corrected chi connectivity index (χ0v) is 13.7. The standard InChI is InChI=1S/C17H21FN2O4/c1-11(2)20-6-5-13-7-14(3-4-15(13)16(20)21)24-10-12(8-18)9-19-17(22)23/h3-4,7-8,11,19H,5-6,9-10H2,1-2H3,(H,22,23)/b12-8-. The molecule has 7 heteroatoms. The predicted molar refractivity (Wildman–Crippen MR) is 87.0 cm³/mol. The summed E-state index contributed by atoms with van der Waals surface area (Å²) < 4.78 is 18.2. The summed E-state index contributed by atoms with van der Waals surface area (Å²) in [4.78, 5) is 24.6. The van der Waals surface area contributed by atoms with E-state index < -0.39 is 6.09 Å². The zero-order chi connectivity index (χ0) is 17.7. The van der Waals surface area contributed by atoms with Crippen molar-refractivity contribution in [1.29, 1.82) is 0 Å². The number of hydrogen-bond acceptors (Lipinski definition) is 3. The molecule has 0 aliphatic carbocycles. The maximum absolute atomic E-state index is 12.7. The highest BCUT2D eigenvalue weighted by molar-refractivity contribution is 5.97. The van der Waals surface area contributed by atoms with E-state index in [1.54, 1.807) is 18.2 Å². The molecule has 0 radical (unpaired) electrons. The first-order valence-electron chi connectivity index (χ1n) is 7.74. The number of carbonyl (C=O) groups excluding carboxylic acids is 1. The number of amides is 2. The molecule has 1 aliphatic heterocycles. The molecule has 0 saturated heterocycles. The minimum Gasteiger partial charge on any atom is -0.489 e. The summed E-state index contributed by atoms with van der Waals surface area (Å²) in [5.74, 6) is 0.530. The highest BCUT2D eigenvalue weighted by atomic mass is 19.1. The Hall–Kier alpha value is -2.57. The Labute approximate surface area is 139 Å². The van der Waals surface area contributed by atoms with Crippen molar-refractivity contribution in [3.05, 3.63) is 41.2 Å². The van der Waals surface area contributed by atoms with Crippen LogP contribution < -0.4 is 10.1 Å². The van der Waals surface area contributed by atoms with Crippen LogP contribution in [0.2, 0.25) is 0 Å². The Balaban J connectivity index is 2.02. The third-order valence-corrected chi connectivity index (χ3v) is 3.86. The van der Waals surface area contributed by atoms with E-state index >= 15 is 0 Å². The number of benzene rings is 1. The predicted octanol–water partition coefficient (Wildman–Crippen LogP) is 2.59. The number of halogens is 1. The van der Waals surface area contributed by atoms with Crippen molar-refractivity contribution in [2.45, 2.75) is 26.3 Å². The van der Waals surface area contributed by atoms with E-state index in [0.717, 1.165) is 12.0 Å². The lowest BCUT2D eigenvalue weighted by Gasteiger charge is -2.32. The summed E-state index contributed by atoms with van der Waals surface area (Å²) in [6, 6.07) is 5.32. The maximum Gasteiger partial charge on any atom is 0.404 e. The Morgan fingerprint density at radius 2 is 2.25 bits per heavy atom. The number of fused-ring (bicyclic) bond motifs is 1. The summed E-state index contributed by atoms with van der Waals surface area (Å²) in [7, 11) is 0. The van der Waals surface area contributed by atoms with Gasteiger partial charge in [-0.2, -0.15) is 0 Å². The van der Waals surface area contributed by atoms with Crippen molar-refractivity contribution >= 4 is 12.0 Å². The van der Waals surface area contributed by atoms with Crippen LogP contribution >= 0.6 is 0 Å². The van der Waals surface area contributed by atoms with Crippen LogP contribution in [0.5, 0.6) is 5.75 Å². The molecule has 130 valence electrons. The van der Waals surface area contributed by atoms with Crippen LogP contribution in [0.3, 0.4) is 0 Å². The molecular formula is C17H21FN2O4. The van der Waals surface area contributed by atoms with Crippen molar-refractivity contribution in [2.75, 3.05) is 19.7 Å².